The maximum absolute atomic E-state index is 12.6. The molecule has 0 aliphatic carbocycles. The van der Waals surface area contributed by atoms with Crippen molar-refractivity contribution in [3.63, 3.8) is 0 Å². The number of rotatable bonds is 4. The van der Waals surface area contributed by atoms with E-state index in [2.05, 4.69) is 9.97 Å². The highest BCUT2D eigenvalue weighted by Gasteiger charge is 2.52. The lowest BCUT2D eigenvalue weighted by Crippen LogP contribution is -2.47. The summed E-state index contributed by atoms with van der Waals surface area (Å²) in [4.78, 5) is 23.4. The Morgan fingerprint density at radius 3 is 2.37 bits per heavy atom. The lowest BCUT2D eigenvalue weighted by molar-refractivity contribution is 0.00578. The van der Waals surface area contributed by atoms with Crippen LogP contribution in [0.3, 0.4) is 0 Å². The highest BCUT2D eigenvalue weighted by atomic mass is 32.2. The maximum atomic E-state index is 12.6. The number of aromatic nitrogens is 2. The maximum Gasteiger partial charge on any atom is 0.498 e. The average Bonchev–Trinajstić information content (AvgIpc) is 2.86. The highest BCUT2D eigenvalue weighted by Crippen LogP contribution is 2.36. The molecular formula is C21H34BN3O4S. The highest BCUT2D eigenvalue weighted by molar-refractivity contribution is 7.99. The summed E-state index contributed by atoms with van der Waals surface area (Å²) >= 11 is 1.56. The molecule has 0 saturated carbocycles. The van der Waals surface area contributed by atoms with Gasteiger partial charge in [0.15, 0.2) is 5.16 Å². The molecule has 166 valence electrons. The molecule has 1 atom stereocenters. The Morgan fingerprint density at radius 1 is 1.20 bits per heavy atom. The molecule has 3 heterocycles. The van der Waals surface area contributed by atoms with Gasteiger partial charge in [0.05, 0.1) is 11.2 Å². The summed E-state index contributed by atoms with van der Waals surface area (Å²) in [5, 5.41) is 0.685. The zero-order valence-corrected chi connectivity index (χ0v) is 20.0. The van der Waals surface area contributed by atoms with Gasteiger partial charge in [-0.2, -0.15) is 0 Å². The number of likely N-dealkylation sites (tertiary alicyclic amines) is 1. The van der Waals surface area contributed by atoms with Crippen LogP contribution in [0, 0.1) is 0 Å². The van der Waals surface area contributed by atoms with Gasteiger partial charge in [-0.25, -0.2) is 14.8 Å². The van der Waals surface area contributed by atoms with Crippen LogP contribution < -0.4 is 5.46 Å². The first-order valence-corrected chi connectivity index (χ1v) is 11.7. The Bertz CT molecular complexity index is 736. The van der Waals surface area contributed by atoms with Crippen LogP contribution in [0.4, 0.5) is 4.79 Å². The van der Waals surface area contributed by atoms with Crippen LogP contribution in [0.25, 0.3) is 0 Å². The SMILES string of the molecule is CC(C)(C)OC(=O)N1CCCC[C@H]1CSc1ncc(B2OC(C)(C)C(C)(C)O2)cn1. The number of hydrogen-bond acceptors (Lipinski definition) is 7. The fourth-order valence-electron chi connectivity index (χ4n) is 3.41. The molecule has 0 radical (unpaired) electrons. The summed E-state index contributed by atoms with van der Waals surface area (Å²) < 4.78 is 17.7. The molecule has 0 spiro atoms. The van der Waals surface area contributed by atoms with Gasteiger partial charge in [-0.1, -0.05) is 11.8 Å². The summed E-state index contributed by atoms with van der Waals surface area (Å²) in [5.74, 6) is 0.745. The lowest BCUT2D eigenvalue weighted by Gasteiger charge is -2.36. The van der Waals surface area contributed by atoms with Crippen molar-refractivity contribution in [2.45, 2.75) is 95.7 Å². The van der Waals surface area contributed by atoms with Crippen LogP contribution in [0.15, 0.2) is 17.6 Å². The van der Waals surface area contributed by atoms with E-state index in [1.54, 1.807) is 24.2 Å². The number of ether oxygens (including phenoxy) is 1. The quantitative estimate of drug-likeness (QED) is 0.406. The molecule has 0 unspecified atom stereocenters. The molecule has 0 N–H and O–H groups in total. The minimum absolute atomic E-state index is 0.130. The second-order valence-electron chi connectivity index (χ2n) is 10.0. The Morgan fingerprint density at radius 2 is 1.80 bits per heavy atom. The fourth-order valence-corrected chi connectivity index (χ4v) is 4.35. The van der Waals surface area contributed by atoms with Gasteiger partial charge in [0.25, 0.3) is 0 Å². The third kappa shape index (κ3) is 5.48. The van der Waals surface area contributed by atoms with E-state index < -0.39 is 23.9 Å². The molecule has 2 aliphatic rings. The molecule has 0 aromatic carbocycles. The monoisotopic (exact) mass is 435 g/mol. The van der Waals surface area contributed by atoms with Gasteiger partial charge in [0.2, 0.25) is 0 Å². The van der Waals surface area contributed by atoms with E-state index in [0.29, 0.717) is 5.16 Å². The Labute approximate surface area is 184 Å². The smallest absolute Gasteiger partial charge is 0.444 e. The predicted octanol–water partition coefficient (Wildman–Crippen LogP) is 3.66. The van der Waals surface area contributed by atoms with Crippen molar-refractivity contribution in [1.82, 2.24) is 14.9 Å². The van der Waals surface area contributed by atoms with E-state index in [9.17, 15) is 4.79 Å². The number of carbonyl (C=O) groups is 1. The number of thioether (sulfide) groups is 1. The molecule has 0 bridgehead atoms. The first-order valence-electron chi connectivity index (χ1n) is 10.7. The molecule has 3 rings (SSSR count). The summed E-state index contributed by atoms with van der Waals surface area (Å²) in [7, 11) is -0.463. The second-order valence-corrected chi connectivity index (χ2v) is 11.0. The van der Waals surface area contributed by atoms with Gasteiger partial charge >= 0.3 is 13.2 Å². The number of amides is 1. The van der Waals surface area contributed by atoms with Crippen molar-refractivity contribution in [2.24, 2.45) is 0 Å². The second kappa shape index (κ2) is 8.67. The molecule has 2 fully saturated rings. The van der Waals surface area contributed by atoms with Gasteiger partial charge in [-0.15, -0.1) is 0 Å². The van der Waals surface area contributed by atoms with Crippen molar-refractivity contribution in [3.8, 4) is 0 Å². The van der Waals surface area contributed by atoms with Crippen molar-refractivity contribution in [2.75, 3.05) is 12.3 Å². The van der Waals surface area contributed by atoms with E-state index in [1.807, 2.05) is 53.4 Å². The van der Waals surface area contributed by atoms with Gasteiger partial charge in [-0.05, 0) is 67.7 Å². The van der Waals surface area contributed by atoms with E-state index in [0.717, 1.165) is 37.0 Å². The van der Waals surface area contributed by atoms with Crippen LogP contribution in [0.2, 0.25) is 0 Å². The third-order valence-corrected chi connectivity index (χ3v) is 6.85. The van der Waals surface area contributed by atoms with E-state index in [1.165, 1.54) is 0 Å². The van der Waals surface area contributed by atoms with Crippen LogP contribution in [0.5, 0.6) is 0 Å². The topological polar surface area (TPSA) is 73.8 Å². The molecule has 7 nitrogen and oxygen atoms in total. The lowest BCUT2D eigenvalue weighted by atomic mass is 9.81. The minimum atomic E-state index is -0.487. The average molecular weight is 435 g/mol. The zero-order chi connectivity index (χ0) is 22.2. The summed E-state index contributed by atoms with van der Waals surface area (Å²) in [6.07, 6.45) is 6.41. The third-order valence-electron chi connectivity index (χ3n) is 5.83. The summed E-state index contributed by atoms with van der Waals surface area (Å²) in [6.45, 7) is 14.5. The summed E-state index contributed by atoms with van der Waals surface area (Å²) in [5.41, 5.74) is -0.460. The molecule has 1 aromatic heterocycles. The normalized spacial score (nSPS) is 23.5. The largest absolute Gasteiger partial charge is 0.498 e. The van der Waals surface area contributed by atoms with Crippen molar-refractivity contribution < 1.29 is 18.8 Å². The van der Waals surface area contributed by atoms with Crippen molar-refractivity contribution >= 4 is 30.4 Å². The standard InChI is InChI=1S/C21H34BN3O4S/c1-19(2,3)27-18(26)25-11-9-8-10-16(25)14-30-17-23-12-15(13-24-17)22-28-20(4,5)21(6,7)29-22/h12-13,16H,8-11,14H2,1-7H3/t16-/m0/s1. The molecule has 2 aliphatic heterocycles. The van der Waals surface area contributed by atoms with Crippen molar-refractivity contribution in [3.05, 3.63) is 12.4 Å². The number of hydrogen-bond donors (Lipinski definition) is 0. The predicted molar refractivity (Wildman–Crippen MR) is 119 cm³/mol. The van der Waals surface area contributed by atoms with Crippen LogP contribution in [0.1, 0.15) is 67.7 Å². The molecule has 9 heteroatoms. The van der Waals surface area contributed by atoms with Crippen LogP contribution >= 0.6 is 11.8 Å². The first kappa shape index (κ1) is 23.4. The van der Waals surface area contributed by atoms with E-state index in [-0.39, 0.29) is 12.1 Å². The number of piperidine rings is 1. The molecule has 30 heavy (non-hydrogen) atoms. The fraction of sp³-hybridized carbons (Fsp3) is 0.762. The van der Waals surface area contributed by atoms with Crippen LogP contribution in [-0.2, 0) is 14.0 Å². The number of carbonyl (C=O) groups excluding carboxylic acids is 1. The molecule has 2 saturated heterocycles. The van der Waals surface area contributed by atoms with Gasteiger partial charge in [-0.3, -0.25) is 0 Å². The van der Waals surface area contributed by atoms with Crippen LogP contribution in [-0.4, -0.2) is 63.2 Å². The number of nitrogens with zero attached hydrogens (tertiary/aromatic N) is 3. The zero-order valence-electron chi connectivity index (χ0n) is 19.2. The summed E-state index contributed by atoms with van der Waals surface area (Å²) in [6, 6.07) is 0.130. The minimum Gasteiger partial charge on any atom is -0.444 e. The van der Waals surface area contributed by atoms with E-state index in [4.69, 9.17) is 14.0 Å². The first-order chi connectivity index (χ1) is 13.9. The molecular weight excluding hydrogens is 401 g/mol. The molecule has 1 amide bonds. The van der Waals surface area contributed by atoms with Gasteiger partial charge in [0.1, 0.15) is 5.60 Å². The Hall–Kier alpha value is -1.32. The van der Waals surface area contributed by atoms with Gasteiger partial charge < -0.3 is 18.9 Å². The van der Waals surface area contributed by atoms with Crippen molar-refractivity contribution in [1.29, 1.82) is 0 Å². The van der Waals surface area contributed by atoms with E-state index >= 15 is 0 Å². The van der Waals surface area contributed by atoms with Gasteiger partial charge in [0, 0.05) is 36.2 Å². The molecule has 1 aromatic rings. The Kier molecular flexibility index (Phi) is 6.75. The Balaban J connectivity index is 1.58.